The van der Waals surface area contributed by atoms with Crippen LogP contribution in [0, 0.1) is 5.92 Å². The minimum absolute atomic E-state index is 0.696. The summed E-state index contributed by atoms with van der Waals surface area (Å²) in [6, 6.07) is 0.696. The Morgan fingerprint density at radius 2 is 1.44 bits per heavy atom. The fraction of sp³-hybridized carbons (Fsp3) is 1.00. The molecule has 0 aliphatic rings. The first-order valence-electron chi connectivity index (χ1n) is 7.32. The normalized spacial score (nSPS) is 12.0. The molecule has 1 nitrogen and oxygen atoms in total. The first-order chi connectivity index (χ1) is 7.61. The van der Waals surface area contributed by atoms with Crippen molar-refractivity contribution < 1.29 is 0 Å². The SMILES string of the molecule is CCCC(CCC)CCCCN(C)C(C)C. The van der Waals surface area contributed by atoms with Crippen molar-refractivity contribution in [2.45, 2.75) is 78.7 Å². The molecule has 0 unspecified atom stereocenters. The van der Waals surface area contributed by atoms with Crippen molar-refractivity contribution >= 4 is 0 Å². The number of rotatable bonds is 10. The molecule has 0 aromatic rings. The molecule has 0 heterocycles. The van der Waals surface area contributed by atoms with Gasteiger partial charge in [0.25, 0.3) is 0 Å². The third kappa shape index (κ3) is 8.15. The Balaban J connectivity index is 3.53. The molecule has 1 heteroatoms. The van der Waals surface area contributed by atoms with Crippen LogP contribution < -0.4 is 0 Å². The minimum Gasteiger partial charge on any atom is -0.304 e. The van der Waals surface area contributed by atoms with E-state index in [1.807, 2.05) is 0 Å². The molecule has 0 amide bonds. The molecule has 0 saturated carbocycles. The van der Waals surface area contributed by atoms with Gasteiger partial charge in [-0.15, -0.1) is 0 Å². The van der Waals surface area contributed by atoms with Crippen molar-refractivity contribution in [3.05, 3.63) is 0 Å². The van der Waals surface area contributed by atoms with Gasteiger partial charge >= 0.3 is 0 Å². The largest absolute Gasteiger partial charge is 0.304 e. The first kappa shape index (κ1) is 16.0. The van der Waals surface area contributed by atoms with Gasteiger partial charge in [0.05, 0.1) is 0 Å². The van der Waals surface area contributed by atoms with Gasteiger partial charge in [0.1, 0.15) is 0 Å². The van der Waals surface area contributed by atoms with Crippen LogP contribution in [0.3, 0.4) is 0 Å². The van der Waals surface area contributed by atoms with Crippen LogP contribution in [0.15, 0.2) is 0 Å². The van der Waals surface area contributed by atoms with Gasteiger partial charge in [-0.1, -0.05) is 52.4 Å². The molecule has 0 bridgehead atoms. The minimum atomic E-state index is 0.696. The fourth-order valence-electron chi connectivity index (χ4n) is 2.30. The summed E-state index contributed by atoms with van der Waals surface area (Å²) in [5.74, 6) is 0.999. The smallest absolute Gasteiger partial charge is 0.00355 e. The maximum Gasteiger partial charge on any atom is 0.00355 e. The molecule has 98 valence electrons. The number of hydrogen-bond acceptors (Lipinski definition) is 1. The Kier molecular flexibility index (Phi) is 10.1. The zero-order valence-electron chi connectivity index (χ0n) is 12.3. The molecular formula is C15H33N. The molecule has 0 N–H and O–H groups in total. The van der Waals surface area contributed by atoms with Crippen molar-refractivity contribution in [1.29, 1.82) is 0 Å². The molecule has 0 radical (unpaired) electrons. The molecule has 16 heavy (non-hydrogen) atoms. The lowest BCUT2D eigenvalue weighted by molar-refractivity contribution is 0.262. The van der Waals surface area contributed by atoms with Gasteiger partial charge < -0.3 is 4.90 Å². The summed E-state index contributed by atoms with van der Waals surface area (Å²) in [7, 11) is 2.24. The van der Waals surface area contributed by atoms with Gasteiger partial charge in [0, 0.05) is 6.04 Å². The summed E-state index contributed by atoms with van der Waals surface area (Å²) < 4.78 is 0. The van der Waals surface area contributed by atoms with Crippen molar-refractivity contribution in [1.82, 2.24) is 4.90 Å². The van der Waals surface area contributed by atoms with E-state index in [2.05, 4.69) is 39.6 Å². The molecule has 0 atom stereocenters. The lowest BCUT2D eigenvalue weighted by Crippen LogP contribution is -2.27. The Hall–Kier alpha value is -0.0400. The summed E-state index contributed by atoms with van der Waals surface area (Å²) in [5, 5.41) is 0. The zero-order chi connectivity index (χ0) is 12.4. The van der Waals surface area contributed by atoms with E-state index in [1.54, 1.807) is 0 Å². The molecule has 0 spiro atoms. The molecule has 0 fully saturated rings. The average Bonchev–Trinajstić information content (AvgIpc) is 2.24. The van der Waals surface area contributed by atoms with Gasteiger partial charge in [-0.3, -0.25) is 0 Å². The van der Waals surface area contributed by atoms with E-state index in [1.165, 1.54) is 51.5 Å². The van der Waals surface area contributed by atoms with Gasteiger partial charge in [0.15, 0.2) is 0 Å². The highest BCUT2D eigenvalue weighted by Crippen LogP contribution is 2.20. The summed E-state index contributed by atoms with van der Waals surface area (Å²) >= 11 is 0. The van der Waals surface area contributed by atoms with Crippen LogP contribution >= 0.6 is 0 Å². The lowest BCUT2D eigenvalue weighted by Gasteiger charge is -2.21. The predicted octanol–water partition coefficient (Wildman–Crippen LogP) is 4.71. The van der Waals surface area contributed by atoms with Crippen LogP contribution in [0.2, 0.25) is 0 Å². The van der Waals surface area contributed by atoms with Crippen LogP contribution in [-0.2, 0) is 0 Å². The van der Waals surface area contributed by atoms with Crippen LogP contribution in [0.25, 0.3) is 0 Å². The summed E-state index contributed by atoms with van der Waals surface area (Å²) in [6.45, 7) is 10.4. The fourth-order valence-corrected chi connectivity index (χ4v) is 2.30. The summed E-state index contributed by atoms with van der Waals surface area (Å²) in [6.07, 6.45) is 9.84. The maximum atomic E-state index is 2.45. The number of nitrogens with zero attached hydrogens (tertiary/aromatic N) is 1. The Morgan fingerprint density at radius 1 is 0.875 bits per heavy atom. The molecule has 0 saturated heterocycles. The molecule has 0 aromatic carbocycles. The Labute approximate surface area is 104 Å². The quantitative estimate of drug-likeness (QED) is 0.488. The zero-order valence-corrected chi connectivity index (χ0v) is 12.3. The topological polar surface area (TPSA) is 3.24 Å². The maximum absolute atomic E-state index is 2.45. The number of unbranched alkanes of at least 4 members (excludes halogenated alkanes) is 1. The predicted molar refractivity (Wildman–Crippen MR) is 74.9 cm³/mol. The van der Waals surface area contributed by atoms with Gasteiger partial charge in [-0.25, -0.2) is 0 Å². The van der Waals surface area contributed by atoms with Crippen LogP contribution in [0.5, 0.6) is 0 Å². The molecule has 0 aliphatic carbocycles. The third-order valence-corrected chi connectivity index (χ3v) is 3.65. The van der Waals surface area contributed by atoms with Crippen LogP contribution in [-0.4, -0.2) is 24.5 Å². The van der Waals surface area contributed by atoms with Gasteiger partial charge in [0.2, 0.25) is 0 Å². The van der Waals surface area contributed by atoms with Crippen molar-refractivity contribution in [3.8, 4) is 0 Å². The van der Waals surface area contributed by atoms with Gasteiger partial charge in [-0.2, -0.15) is 0 Å². The van der Waals surface area contributed by atoms with E-state index in [-0.39, 0.29) is 0 Å². The Morgan fingerprint density at radius 3 is 1.88 bits per heavy atom. The van der Waals surface area contributed by atoms with E-state index in [4.69, 9.17) is 0 Å². The third-order valence-electron chi connectivity index (χ3n) is 3.65. The van der Waals surface area contributed by atoms with E-state index in [0.29, 0.717) is 6.04 Å². The summed E-state index contributed by atoms with van der Waals surface area (Å²) in [5.41, 5.74) is 0. The van der Waals surface area contributed by atoms with E-state index in [0.717, 1.165) is 5.92 Å². The average molecular weight is 227 g/mol. The monoisotopic (exact) mass is 227 g/mol. The van der Waals surface area contributed by atoms with Crippen LogP contribution in [0.1, 0.15) is 72.6 Å². The molecule has 0 aromatic heterocycles. The second-order valence-corrected chi connectivity index (χ2v) is 5.51. The van der Waals surface area contributed by atoms with Crippen molar-refractivity contribution in [3.63, 3.8) is 0 Å². The molecule has 0 rings (SSSR count). The molecule has 0 aliphatic heterocycles. The summed E-state index contributed by atoms with van der Waals surface area (Å²) in [4.78, 5) is 2.45. The van der Waals surface area contributed by atoms with E-state index in [9.17, 15) is 0 Å². The highest BCUT2D eigenvalue weighted by atomic mass is 15.1. The lowest BCUT2D eigenvalue weighted by atomic mass is 9.92. The highest BCUT2D eigenvalue weighted by molar-refractivity contribution is 4.61. The van der Waals surface area contributed by atoms with Crippen molar-refractivity contribution in [2.24, 2.45) is 5.92 Å². The number of hydrogen-bond donors (Lipinski definition) is 0. The van der Waals surface area contributed by atoms with E-state index >= 15 is 0 Å². The highest BCUT2D eigenvalue weighted by Gasteiger charge is 2.07. The molecular weight excluding hydrogens is 194 g/mol. The van der Waals surface area contributed by atoms with Crippen LogP contribution in [0.4, 0.5) is 0 Å². The Bertz CT molecular complexity index is 136. The van der Waals surface area contributed by atoms with E-state index < -0.39 is 0 Å². The standard InChI is InChI=1S/C15H33N/c1-6-10-15(11-7-2)12-8-9-13-16(5)14(3)4/h14-15H,6-13H2,1-5H3. The second kappa shape index (κ2) is 10.1. The van der Waals surface area contributed by atoms with Gasteiger partial charge in [-0.05, 0) is 39.8 Å². The van der Waals surface area contributed by atoms with Crippen molar-refractivity contribution in [2.75, 3.05) is 13.6 Å². The first-order valence-corrected chi connectivity index (χ1v) is 7.32. The second-order valence-electron chi connectivity index (χ2n) is 5.51.